The molecule has 0 aromatic carbocycles. The number of hydrogen-bond acceptors (Lipinski definition) is 6. The van der Waals surface area contributed by atoms with Crippen LogP contribution in [0.1, 0.15) is 213 Å². The third-order valence-electron chi connectivity index (χ3n) is 10.1. The predicted molar refractivity (Wildman–Crippen MR) is 206 cm³/mol. The van der Waals surface area contributed by atoms with E-state index in [9.17, 15) is 8.42 Å². The molecule has 1 fully saturated rings. The first-order chi connectivity index (χ1) is 23.8. The van der Waals surface area contributed by atoms with Crippen molar-refractivity contribution in [3.8, 4) is 0 Å². The summed E-state index contributed by atoms with van der Waals surface area (Å²) in [6.07, 6.45) is 37.6. The van der Waals surface area contributed by atoms with E-state index in [1.54, 1.807) is 0 Å². The van der Waals surface area contributed by atoms with E-state index in [0.29, 0.717) is 32.8 Å². The van der Waals surface area contributed by atoms with Crippen LogP contribution in [-0.2, 0) is 29.1 Å². The van der Waals surface area contributed by atoms with E-state index in [1.807, 2.05) is 6.92 Å². The molecule has 0 spiro atoms. The largest absolute Gasteiger partial charge is 0.379 e. The molecule has 1 heterocycles. The number of unbranched alkanes of at least 4 members (excludes halogenated alkanes) is 26. The topological polar surface area (TPSA) is 91.3 Å². The molecule has 0 aromatic heterocycles. The summed E-state index contributed by atoms with van der Waals surface area (Å²) >= 11 is 0. The maximum atomic E-state index is 11.2. The molecule has 49 heavy (non-hydrogen) atoms. The fraction of sp³-hybridized carbons (Fsp3) is 1.00. The minimum absolute atomic E-state index is 0.251. The van der Waals surface area contributed by atoms with Gasteiger partial charge in [0.05, 0.1) is 19.0 Å². The van der Waals surface area contributed by atoms with Gasteiger partial charge in [0.25, 0.3) is 10.1 Å². The molecule has 1 unspecified atom stereocenters. The second-order valence-electron chi connectivity index (χ2n) is 15.2. The van der Waals surface area contributed by atoms with E-state index < -0.39 is 15.9 Å². The van der Waals surface area contributed by atoms with Crippen molar-refractivity contribution in [3.05, 3.63) is 0 Å². The van der Waals surface area contributed by atoms with Gasteiger partial charge in [-0.2, -0.15) is 8.42 Å². The molecule has 1 N–H and O–H groups in total. The van der Waals surface area contributed by atoms with Crippen molar-refractivity contribution in [1.29, 1.82) is 0 Å². The van der Waals surface area contributed by atoms with E-state index in [4.69, 9.17) is 23.5 Å². The van der Waals surface area contributed by atoms with Gasteiger partial charge in [-0.05, 0) is 26.2 Å². The van der Waals surface area contributed by atoms with Crippen molar-refractivity contribution in [1.82, 2.24) is 0 Å². The molecule has 1 rings (SSSR count). The Morgan fingerprint density at radius 3 is 1.06 bits per heavy atom. The molecule has 294 valence electrons. The maximum Gasteiger partial charge on any atom is 0.264 e. The molecular formula is C41H82O7S. The third-order valence-corrected chi connectivity index (χ3v) is 10.9. The van der Waals surface area contributed by atoms with Crippen LogP contribution in [0.25, 0.3) is 0 Å². The lowest BCUT2D eigenvalue weighted by atomic mass is 10.0. The van der Waals surface area contributed by atoms with Crippen LogP contribution in [0.3, 0.4) is 0 Å². The van der Waals surface area contributed by atoms with Crippen molar-refractivity contribution in [2.75, 3.05) is 32.2 Å². The zero-order valence-corrected chi connectivity index (χ0v) is 33.5. The van der Waals surface area contributed by atoms with E-state index in [2.05, 4.69) is 13.8 Å². The van der Waals surface area contributed by atoms with Gasteiger partial charge in [0.1, 0.15) is 12.2 Å². The lowest BCUT2D eigenvalue weighted by Gasteiger charge is -2.23. The molecule has 8 heteroatoms. The van der Waals surface area contributed by atoms with Crippen LogP contribution in [0.15, 0.2) is 0 Å². The number of hydrogen-bond donors (Lipinski definition) is 1. The lowest BCUT2D eigenvalue weighted by molar-refractivity contribution is -0.172. The lowest BCUT2D eigenvalue weighted by Crippen LogP contribution is -2.32. The molecule has 7 nitrogen and oxygen atoms in total. The molecule has 1 saturated heterocycles. The number of rotatable bonds is 38. The van der Waals surface area contributed by atoms with Crippen LogP contribution in [-0.4, -0.2) is 63.1 Å². The minimum atomic E-state index is -4.01. The van der Waals surface area contributed by atoms with Crippen molar-refractivity contribution in [2.24, 2.45) is 0 Å². The average molecular weight is 719 g/mol. The van der Waals surface area contributed by atoms with Crippen molar-refractivity contribution < 1.29 is 31.9 Å². The van der Waals surface area contributed by atoms with Crippen molar-refractivity contribution in [2.45, 2.75) is 231 Å². The molecule has 0 amide bonds. The Morgan fingerprint density at radius 1 is 0.490 bits per heavy atom. The van der Waals surface area contributed by atoms with Gasteiger partial charge in [0.2, 0.25) is 0 Å². The molecule has 1 aliphatic rings. The average Bonchev–Trinajstić information content (AvgIpc) is 3.38. The van der Waals surface area contributed by atoms with Gasteiger partial charge >= 0.3 is 0 Å². The third kappa shape index (κ3) is 30.0. The van der Waals surface area contributed by atoms with Gasteiger partial charge in [-0.1, -0.05) is 181 Å². The summed E-state index contributed by atoms with van der Waals surface area (Å²) < 4.78 is 56.2. The fourth-order valence-corrected chi connectivity index (χ4v) is 7.50. The van der Waals surface area contributed by atoms with Gasteiger partial charge in [-0.3, -0.25) is 4.55 Å². The monoisotopic (exact) mass is 719 g/mol. The van der Waals surface area contributed by atoms with Crippen LogP contribution in [0, 0.1) is 0 Å². The molecule has 0 saturated carbocycles. The highest BCUT2D eigenvalue weighted by Gasteiger charge is 2.44. The highest BCUT2D eigenvalue weighted by molar-refractivity contribution is 7.85. The smallest absolute Gasteiger partial charge is 0.264 e. The fourth-order valence-electron chi connectivity index (χ4n) is 6.99. The SMILES string of the molecule is CCCCCCCCCCCCCCCCOC[C@@H]1OC(C)(CCCS(=O)(=O)O)O[C@@H]1COCCCCCCCCCCCCCCCC. The summed E-state index contributed by atoms with van der Waals surface area (Å²) in [7, 11) is -4.01. The number of ether oxygens (including phenoxy) is 4. The molecule has 0 aromatic rings. The Morgan fingerprint density at radius 2 is 0.776 bits per heavy atom. The van der Waals surface area contributed by atoms with Gasteiger partial charge < -0.3 is 18.9 Å². The van der Waals surface area contributed by atoms with Gasteiger partial charge in [-0.25, -0.2) is 0 Å². The van der Waals surface area contributed by atoms with Gasteiger partial charge in [-0.15, -0.1) is 0 Å². The first kappa shape index (κ1) is 46.8. The summed E-state index contributed by atoms with van der Waals surface area (Å²) in [4.78, 5) is 0. The van der Waals surface area contributed by atoms with Crippen molar-refractivity contribution >= 4 is 10.1 Å². The van der Waals surface area contributed by atoms with Gasteiger partial charge in [0.15, 0.2) is 5.79 Å². The molecule has 0 radical (unpaired) electrons. The van der Waals surface area contributed by atoms with Crippen LogP contribution in [0.4, 0.5) is 0 Å². The summed E-state index contributed by atoms with van der Waals surface area (Å²) in [5.74, 6) is -1.20. The Kier molecular flexibility index (Phi) is 30.9. The molecular weight excluding hydrogens is 637 g/mol. The Hall–Kier alpha value is -0.250. The highest BCUT2D eigenvalue weighted by Crippen LogP contribution is 2.33. The Labute approximate surface area is 304 Å². The molecule has 3 atom stereocenters. The second-order valence-corrected chi connectivity index (χ2v) is 16.8. The summed E-state index contributed by atoms with van der Waals surface area (Å²) in [6.45, 7) is 8.72. The standard InChI is InChI=1S/C41H82O7S/c1-4-6-8-10-12-14-16-18-20-22-24-26-28-30-34-45-37-39-40(48-41(3,47-39)33-32-36-49(42,43)44)38-46-35-31-29-27-25-23-21-19-17-15-13-11-9-7-5-2/h39-40H,4-38H2,1-3H3,(H,42,43,44)/t39-,40+,41?. The summed E-state index contributed by atoms with van der Waals surface area (Å²) in [5, 5.41) is 0. The van der Waals surface area contributed by atoms with E-state index in [1.165, 1.54) is 167 Å². The van der Waals surface area contributed by atoms with E-state index >= 15 is 0 Å². The minimum Gasteiger partial charge on any atom is -0.379 e. The Balaban J connectivity index is 2.16. The van der Waals surface area contributed by atoms with Crippen LogP contribution in [0.2, 0.25) is 0 Å². The van der Waals surface area contributed by atoms with Crippen LogP contribution < -0.4 is 0 Å². The van der Waals surface area contributed by atoms with Crippen molar-refractivity contribution in [3.63, 3.8) is 0 Å². The molecule has 1 aliphatic heterocycles. The Bertz CT molecular complexity index is 762. The van der Waals surface area contributed by atoms with Crippen LogP contribution >= 0.6 is 0 Å². The second kappa shape index (κ2) is 32.4. The highest BCUT2D eigenvalue weighted by atomic mass is 32.2. The zero-order chi connectivity index (χ0) is 35.7. The normalized spacial score (nSPS) is 19.7. The van der Waals surface area contributed by atoms with E-state index in [-0.39, 0.29) is 24.4 Å². The first-order valence-electron chi connectivity index (χ1n) is 21.3. The van der Waals surface area contributed by atoms with E-state index in [0.717, 1.165) is 12.8 Å². The molecule has 0 bridgehead atoms. The summed E-state index contributed by atoms with van der Waals surface area (Å²) in [5.41, 5.74) is 0. The zero-order valence-electron chi connectivity index (χ0n) is 32.7. The van der Waals surface area contributed by atoms with Crippen LogP contribution in [0.5, 0.6) is 0 Å². The quantitative estimate of drug-likeness (QED) is 0.0502. The summed E-state index contributed by atoms with van der Waals surface area (Å²) in [6, 6.07) is 0. The maximum absolute atomic E-state index is 11.2. The van der Waals surface area contributed by atoms with Gasteiger partial charge in [0, 0.05) is 19.6 Å². The first-order valence-corrected chi connectivity index (χ1v) is 22.9. The predicted octanol–water partition coefficient (Wildman–Crippen LogP) is 12.2. The molecule has 0 aliphatic carbocycles.